The van der Waals surface area contributed by atoms with Crippen molar-refractivity contribution in [3.8, 4) is 0 Å². The molecule has 22 heavy (non-hydrogen) atoms. The maximum atomic E-state index is 13.6. The van der Waals surface area contributed by atoms with Crippen LogP contribution in [-0.2, 0) is 18.0 Å². The molecule has 1 atom stereocenters. The Morgan fingerprint density at radius 1 is 1.45 bits per heavy atom. The van der Waals surface area contributed by atoms with Gasteiger partial charge in [-0.05, 0) is 24.6 Å². The van der Waals surface area contributed by atoms with Crippen LogP contribution < -0.4 is 4.90 Å². The number of carbonyl (C=O) groups excluding carboxylic acids is 1. The van der Waals surface area contributed by atoms with Crippen LogP contribution in [0.25, 0.3) is 0 Å². The predicted molar refractivity (Wildman–Crippen MR) is 73.6 cm³/mol. The summed E-state index contributed by atoms with van der Waals surface area (Å²) in [5, 5.41) is 7.38. The number of aromatic nitrogens is 3. The summed E-state index contributed by atoms with van der Waals surface area (Å²) in [6.45, 7) is 1.49. The Hall–Kier alpha value is -2.51. The largest absolute Gasteiger partial charge is 0.442 e. The van der Waals surface area contributed by atoms with Gasteiger partial charge >= 0.3 is 6.09 Å². The number of halogens is 2. The van der Waals surface area contributed by atoms with E-state index in [-0.39, 0.29) is 24.6 Å². The smallest absolute Gasteiger partial charge is 0.414 e. The number of cyclic esters (lactones) is 1. The minimum atomic E-state index is -0.695. The highest BCUT2D eigenvalue weighted by Crippen LogP contribution is 2.24. The summed E-state index contributed by atoms with van der Waals surface area (Å²) in [7, 11) is 0. The molecule has 0 saturated carbocycles. The Balaban J connectivity index is 1.71. The molecule has 0 aliphatic carbocycles. The van der Waals surface area contributed by atoms with E-state index in [9.17, 15) is 13.6 Å². The minimum Gasteiger partial charge on any atom is -0.442 e. The van der Waals surface area contributed by atoms with E-state index in [0.717, 1.165) is 0 Å². The lowest BCUT2D eigenvalue weighted by Gasteiger charge is -2.13. The standard InChI is InChI=1S/C14H14F2N4O2/c1-9-2-3-11(4-13(9)16)20-8-12(22-14(20)21)7-19-6-10(5-15)17-18-19/h2-4,6,12H,5,7-8H2,1H3. The summed E-state index contributed by atoms with van der Waals surface area (Å²) in [6.07, 6.45) is 0.465. The molecule has 6 nitrogen and oxygen atoms in total. The number of anilines is 1. The normalized spacial score (nSPS) is 17.9. The third kappa shape index (κ3) is 2.76. The van der Waals surface area contributed by atoms with Gasteiger partial charge in [0.25, 0.3) is 0 Å². The van der Waals surface area contributed by atoms with E-state index in [0.29, 0.717) is 11.3 Å². The molecule has 116 valence electrons. The quantitative estimate of drug-likeness (QED) is 0.869. The van der Waals surface area contributed by atoms with Crippen LogP contribution in [0, 0.1) is 12.7 Å². The fourth-order valence-corrected chi connectivity index (χ4v) is 2.27. The number of rotatable bonds is 4. The van der Waals surface area contributed by atoms with Crippen molar-refractivity contribution in [3.63, 3.8) is 0 Å². The van der Waals surface area contributed by atoms with Crippen LogP contribution in [0.2, 0.25) is 0 Å². The molecular formula is C14H14F2N4O2. The van der Waals surface area contributed by atoms with Crippen LogP contribution in [0.4, 0.5) is 19.3 Å². The zero-order valence-corrected chi connectivity index (χ0v) is 11.9. The van der Waals surface area contributed by atoms with Gasteiger partial charge in [-0.15, -0.1) is 5.10 Å². The summed E-state index contributed by atoms with van der Waals surface area (Å²) in [5.41, 5.74) is 1.18. The number of amides is 1. The van der Waals surface area contributed by atoms with E-state index in [1.54, 1.807) is 19.1 Å². The second-order valence-corrected chi connectivity index (χ2v) is 5.12. The fraction of sp³-hybridized carbons (Fsp3) is 0.357. The van der Waals surface area contributed by atoms with Gasteiger partial charge in [0, 0.05) is 0 Å². The van der Waals surface area contributed by atoms with Gasteiger partial charge in [0.15, 0.2) is 0 Å². The number of alkyl halides is 1. The number of nitrogens with zero attached hydrogens (tertiary/aromatic N) is 4. The molecule has 2 heterocycles. The lowest BCUT2D eigenvalue weighted by atomic mass is 10.2. The number of carbonyl (C=O) groups is 1. The molecule has 1 aromatic carbocycles. The number of benzene rings is 1. The van der Waals surface area contributed by atoms with Gasteiger partial charge in [-0.2, -0.15) is 0 Å². The van der Waals surface area contributed by atoms with E-state index in [1.807, 2.05) is 0 Å². The summed E-state index contributed by atoms with van der Waals surface area (Å²) in [4.78, 5) is 13.3. The van der Waals surface area contributed by atoms with Crippen LogP contribution >= 0.6 is 0 Å². The number of ether oxygens (including phenoxy) is 1. The lowest BCUT2D eigenvalue weighted by molar-refractivity contribution is 0.129. The molecule has 1 aliphatic rings. The van der Waals surface area contributed by atoms with Crippen LogP contribution in [-0.4, -0.2) is 33.7 Å². The van der Waals surface area contributed by atoms with Crippen molar-refractivity contribution in [3.05, 3.63) is 41.5 Å². The molecule has 0 spiro atoms. The summed E-state index contributed by atoms with van der Waals surface area (Å²) in [5.74, 6) is -0.377. The molecule has 1 amide bonds. The molecule has 0 N–H and O–H groups in total. The Morgan fingerprint density at radius 2 is 2.27 bits per heavy atom. The molecule has 1 aromatic heterocycles. The first-order valence-corrected chi connectivity index (χ1v) is 6.76. The van der Waals surface area contributed by atoms with Crippen molar-refractivity contribution in [1.82, 2.24) is 15.0 Å². The first-order chi connectivity index (χ1) is 10.6. The van der Waals surface area contributed by atoms with E-state index < -0.39 is 18.9 Å². The summed E-state index contributed by atoms with van der Waals surface area (Å²) < 4.78 is 32.7. The van der Waals surface area contributed by atoms with Crippen LogP contribution in [0.5, 0.6) is 0 Å². The molecule has 1 fully saturated rings. The van der Waals surface area contributed by atoms with Crippen LogP contribution in [0.3, 0.4) is 0 Å². The van der Waals surface area contributed by atoms with E-state index in [1.165, 1.54) is 21.8 Å². The third-order valence-corrected chi connectivity index (χ3v) is 3.45. The zero-order valence-electron chi connectivity index (χ0n) is 11.9. The molecule has 1 aliphatic heterocycles. The molecule has 0 bridgehead atoms. The second kappa shape index (κ2) is 5.70. The van der Waals surface area contributed by atoms with Crippen molar-refractivity contribution in [2.24, 2.45) is 0 Å². The molecule has 3 rings (SSSR count). The fourth-order valence-electron chi connectivity index (χ4n) is 2.27. The van der Waals surface area contributed by atoms with Gasteiger partial charge in [-0.3, -0.25) is 4.90 Å². The number of aryl methyl sites for hydroxylation is 1. The van der Waals surface area contributed by atoms with Gasteiger partial charge in [-0.1, -0.05) is 11.3 Å². The van der Waals surface area contributed by atoms with Crippen molar-refractivity contribution in [2.75, 3.05) is 11.4 Å². The Morgan fingerprint density at radius 3 is 2.95 bits per heavy atom. The van der Waals surface area contributed by atoms with E-state index in [4.69, 9.17) is 4.74 Å². The highest BCUT2D eigenvalue weighted by molar-refractivity contribution is 5.89. The molecule has 2 aromatic rings. The van der Waals surface area contributed by atoms with Crippen molar-refractivity contribution < 1.29 is 18.3 Å². The highest BCUT2D eigenvalue weighted by Gasteiger charge is 2.33. The summed E-state index contributed by atoms with van der Waals surface area (Å²) >= 11 is 0. The second-order valence-electron chi connectivity index (χ2n) is 5.12. The lowest BCUT2D eigenvalue weighted by Crippen LogP contribution is -2.26. The summed E-state index contributed by atoms with van der Waals surface area (Å²) in [6, 6.07) is 4.57. The van der Waals surface area contributed by atoms with Gasteiger partial charge in [0.2, 0.25) is 0 Å². The van der Waals surface area contributed by atoms with Crippen molar-refractivity contribution in [1.29, 1.82) is 0 Å². The molecular weight excluding hydrogens is 294 g/mol. The average Bonchev–Trinajstić information content (AvgIpc) is 3.09. The number of hydrogen-bond acceptors (Lipinski definition) is 4. The topological polar surface area (TPSA) is 60.3 Å². The first-order valence-electron chi connectivity index (χ1n) is 6.76. The van der Waals surface area contributed by atoms with Gasteiger partial charge in [-0.25, -0.2) is 18.3 Å². The Kier molecular flexibility index (Phi) is 3.74. The monoisotopic (exact) mass is 308 g/mol. The molecule has 8 heteroatoms. The maximum Gasteiger partial charge on any atom is 0.414 e. The molecule has 0 radical (unpaired) electrons. The number of hydrogen-bond donors (Lipinski definition) is 0. The Labute approximate surface area is 125 Å². The van der Waals surface area contributed by atoms with Gasteiger partial charge in [0.1, 0.15) is 24.3 Å². The Bertz CT molecular complexity index is 704. The van der Waals surface area contributed by atoms with Gasteiger partial charge < -0.3 is 4.74 Å². The van der Waals surface area contributed by atoms with Crippen molar-refractivity contribution >= 4 is 11.8 Å². The molecule has 1 saturated heterocycles. The van der Waals surface area contributed by atoms with Gasteiger partial charge in [0.05, 0.1) is 25.0 Å². The van der Waals surface area contributed by atoms with Crippen molar-refractivity contribution in [2.45, 2.75) is 26.2 Å². The average molecular weight is 308 g/mol. The van der Waals surface area contributed by atoms with E-state index in [2.05, 4.69) is 10.3 Å². The minimum absolute atomic E-state index is 0.224. The molecule has 1 unspecified atom stereocenters. The van der Waals surface area contributed by atoms with Crippen LogP contribution in [0.15, 0.2) is 24.4 Å². The predicted octanol–water partition coefficient (Wildman–Crippen LogP) is 2.22. The zero-order chi connectivity index (χ0) is 15.7. The first kappa shape index (κ1) is 14.4. The highest BCUT2D eigenvalue weighted by atomic mass is 19.1. The third-order valence-electron chi connectivity index (χ3n) is 3.45. The maximum absolute atomic E-state index is 13.6. The SMILES string of the molecule is Cc1ccc(N2CC(Cn3cc(CF)nn3)OC2=O)cc1F. The van der Waals surface area contributed by atoms with E-state index >= 15 is 0 Å². The van der Waals surface area contributed by atoms with Crippen LogP contribution in [0.1, 0.15) is 11.3 Å².